The molecule has 0 atom stereocenters. The maximum atomic E-state index is 12.2. The third kappa shape index (κ3) is 3.66. The van der Waals surface area contributed by atoms with Crippen LogP contribution in [0, 0.1) is 3.57 Å². The first-order valence-corrected chi connectivity index (χ1v) is 7.37. The number of amides is 1. The van der Waals surface area contributed by atoms with Gasteiger partial charge in [0.2, 0.25) is 0 Å². The number of halogens is 2. The van der Waals surface area contributed by atoms with Gasteiger partial charge in [-0.3, -0.25) is 4.79 Å². The zero-order valence-electron chi connectivity index (χ0n) is 10.1. The van der Waals surface area contributed by atoms with E-state index in [4.69, 9.17) is 0 Å². The van der Waals surface area contributed by atoms with Crippen LogP contribution in [0.15, 0.2) is 41.0 Å². The number of benzene rings is 1. The predicted octanol–water partition coefficient (Wildman–Crippen LogP) is 3.74. The number of hydrogen-bond donors (Lipinski definition) is 2. The van der Waals surface area contributed by atoms with Gasteiger partial charge in [-0.15, -0.1) is 0 Å². The summed E-state index contributed by atoms with van der Waals surface area (Å²) < 4.78 is 1.88. The Hall–Kier alpha value is -1.15. The molecule has 1 heterocycles. The normalized spacial score (nSPS) is 10.1. The van der Waals surface area contributed by atoms with Crippen molar-refractivity contribution in [2.45, 2.75) is 0 Å². The highest BCUT2D eigenvalue weighted by atomic mass is 127. The van der Waals surface area contributed by atoms with Crippen LogP contribution in [0.25, 0.3) is 0 Å². The molecule has 4 nitrogen and oxygen atoms in total. The lowest BCUT2D eigenvalue weighted by Crippen LogP contribution is -2.14. The van der Waals surface area contributed by atoms with Gasteiger partial charge in [0, 0.05) is 27.0 Å². The van der Waals surface area contributed by atoms with Crippen LogP contribution in [-0.4, -0.2) is 17.9 Å². The van der Waals surface area contributed by atoms with E-state index < -0.39 is 0 Å². The molecule has 2 aromatic rings. The van der Waals surface area contributed by atoms with E-state index in [0.717, 1.165) is 13.7 Å². The van der Waals surface area contributed by atoms with Crippen LogP contribution in [0.3, 0.4) is 0 Å². The van der Waals surface area contributed by atoms with Gasteiger partial charge in [-0.05, 0) is 68.9 Å². The number of nitrogens with one attached hydrogen (secondary N) is 2. The van der Waals surface area contributed by atoms with E-state index in [-0.39, 0.29) is 5.91 Å². The topological polar surface area (TPSA) is 54.0 Å². The molecule has 0 radical (unpaired) electrons. The monoisotopic (exact) mass is 431 g/mol. The van der Waals surface area contributed by atoms with Crippen molar-refractivity contribution in [3.8, 4) is 0 Å². The van der Waals surface area contributed by atoms with Crippen molar-refractivity contribution in [2.24, 2.45) is 0 Å². The second-order valence-corrected chi connectivity index (χ2v) is 5.92. The number of carbonyl (C=O) groups excluding carboxylic acids is 1. The van der Waals surface area contributed by atoms with Crippen LogP contribution in [0.5, 0.6) is 0 Å². The average Bonchev–Trinajstić information content (AvgIpc) is 2.41. The zero-order chi connectivity index (χ0) is 13.8. The van der Waals surface area contributed by atoms with Gasteiger partial charge in [0.1, 0.15) is 5.82 Å². The second-order valence-electron chi connectivity index (χ2n) is 3.76. The molecular weight excluding hydrogens is 421 g/mol. The molecule has 0 spiro atoms. The van der Waals surface area contributed by atoms with Gasteiger partial charge in [0.15, 0.2) is 0 Å². The quantitative estimate of drug-likeness (QED) is 0.728. The van der Waals surface area contributed by atoms with E-state index in [1.54, 1.807) is 19.3 Å². The summed E-state index contributed by atoms with van der Waals surface area (Å²) in [7, 11) is 1.73. The molecule has 0 fully saturated rings. The predicted molar refractivity (Wildman–Crippen MR) is 88.6 cm³/mol. The number of anilines is 2. The van der Waals surface area contributed by atoms with Crippen LogP contribution in [0.2, 0.25) is 0 Å². The first-order valence-electron chi connectivity index (χ1n) is 5.50. The van der Waals surface area contributed by atoms with Crippen molar-refractivity contribution >= 4 is 55.9 Å². The molecule has 6 heteroatoms. The van der Waals surface area contributed by atoms with Gasteiger partial charge in [0.05, 0.1) is 5.56 Å². The molecule has 2 rings (SSSR count). The minimum atomic E-state index is -0.195. The maximum Gasteiger partial charge on any atom is 0.259 e. The van der Waals surface area contributed by atoms with Gasteiger partial charge in [-0.1, -0.05) is 0 Å². The van der Waals surface area contributed by atoms with Crippen LogP contribution in [0.1, 0.15) is 10.4 Å². The molecule has 0 aliphatic rings. The smallest absolute Gasteiger partial charge is 0.259 e. The van der Waals surface area contributed by atoms with Crippen molar-refractivity contribution in [3.05, 3.63) is 50.1 Å². The van der Waals surface area contributed by atoms with Gasteiger partial charge >= 0.3 is 0 Å². The van der Waals surface area contributed by atoms with Crippen LogP contribution < -0.4 is 10.6 Å². The van der Waals surface area contributed by atoms with E-state index in [9.17, 15) is 4.79 Å². The van der Waals surface area contributed by atoms with Crippen LogP contribution in [0.4, 0.5) is 11.5 Å². The number of pyridine rings is 1. The van der Waals surface area contributed by atoms with Crippen molar-refractivity contribution in [3.63, 3.8) is 0 Å². The Morgan fingerprint density at radius 2 is 2.00 bits per heavy atom. The fraction of sp³-hybridized carbons (Fsp3) is 0.0769. The van der Waals surface area contributed by atoms with Gasteiger partial charge in [0.25, 0.3) is 5.91 Å². The minimum Gasteiger partial charge on any atom is -0.372 e. The largest absolute Gasteiger partial charge is 0.372 e. The number of hydrogen-bond acceptors (Lipinski definition) is 3. The molecule has 1 aromatic carbocycles. The summed E-state index contributed by atoms with van der Waals surface area (Å²) >= 11 is 5.54. The van der Waals surface area contributed by atoms with Crippen molar-refractivity contribution in [1.29, 1.82) is 0 Å². The Balaban J connectivity index is 2.24. The lowest BCUT2D eigenvalue weighted by molar-refractivity contribution is 0.102. The standard InChI is InChI=1S/C13H11BrIN3O/c1-16-12-11(6-8(14)7-17-12)13(19)18-10-4-2-9(15)3-5-10/h2-7H,1H3,(H,16,17)(H,18,19). The molecule has 0 aliphatic heterocycles. The van der Waals surface area contributed by atoms with Gasteiger partial charge < -0.3 is 10.6 Å². The highest BCUT2D eigenvalue weighted by molar-refractivity contribution is 14.1. The molecule has 0 bridgehead atoms. The maximum absolute atomic E-state index is 12.2. The Kier molecular flexibility index (Phi) is 4.76. The summed E-state index contributed by atoms with van der Waals surface area (Å²) in [5.41, 5.74) is 1.25. The summed E-state index contributed by atoms with van der Waals surface area (Å²) in [6.07, 6.45) is 1.65. The highest BCUT2D eigenvalue weighted by Crippen LogP contribution is 2.19. The van der Waals surface area contributed by atoms with E-state index in [1.165, 1.54) is 0 Å². The molecule has 0 saturated heterocycles. The molecule has 1 amide bonds. The third-order valence-corrected chi connectivity index (χ3v) is 3.59. The minimum absolute atomic E-state index is 0.195. The number of carbonyl (C=O) groups is 1. The highest BCUT2D eigenvalue weighted by Gasteiger charge is 2.12. The van der Waals surface area contributed by atoms with E-state index in [1.807, 2.05) is 24.3 Å². The Labute approximate surface area is 133 Å². The summed E-state index contributed by atoms with van der Waals surface area (Å²) in [6, 6.07) is 9.35. The molecule has 98 valence electrons. The first-order chi connectivity index (χ1) is 9.10. The van der Waals surface area contributed by atoms with Gasteiger partial charge in [-0.2, -0.15) is 0 Å². The summed E-state index contributed by atoms with van der Waals surface area (Å²) in [6.45, 7) is 0. The van der Waals surface area contributed by atoms with Crippen molar-refractivity contribution < 1.29 is 4.79 Å². The number of nitrogens with zero attached hydrogens (tertiary/aromatic N) is 1. The summed E-state index contributed by atoms with van der Waals surface area (Å²) in [5.74, 6) is 0.352. The third-order valence-electron chi connectivity index (χ3n) is 2.44. The molecule has 0 aliphatic carbocycles. The summed E-state index contributed by atoms with van der Waals surface area (Å²) in [4.78, 5) is 16.4. The zero-order valence-corrected chi connectivity index (χ0v) is 13.8. The van der Waals surface area contributed by atoms with E-state index in [0.29, 0.717) is 11.4 Å². The number of aromatic nitrogens is 1. The second kappa shape index (κ2) is 6.33. The Morgan fingerprint density at radius 3 is 2.63 bits per heavy atom. The number of rotatable bonds is 3. The molecule has 0 saturated carbocycles. The van der Waals surface area contributed by atoms with Crippen molar-refractivity contribution in [1.82, 2.24) is 4.98 Å². The summed E-state index contributed by atoms with van der Waals surface area (Å²) in [5, 5.41) is 5.75. The molecule has 2 N–H and O–H groups in total. The lowest BCUT2D eigenvalue weighted by atomic mass is 10.2. The van der Waals surface area contributed by atoms with Crippen LogP contribution in [-0.2, 0) is 0 Å². The van der Waals surface area contributed by atoms with E-state index >= 15 is 0 Å². The van der Waals surface area contributed by atoms with Gasteiger partial charge in [-0.25, -0.2) is 4.98 Å². The fourth-order valence-electron chi connectivity index (χ4n) is 1.54. The van der Waals surface area contributed by atoms with E-state index in [2.05, 4.69) is 54.1 Å². The van der Waals surface area contributed by atoms with Crippen LogP contribution >= 0.6 is 38.5 Å². The van der Waals surface area contributed by atoms with Crippen molar-refractivity contribution in [2.75, 3.05) is 17.7 Å². The lowest BCUT2D eigenvalue weighted by Gasteiger charge is -2.09. The fourth-order valence-corrected chi connectivity index (χ4v) is 2.23. The molecular formula is C13H11BrIN3O. The molecule has 1 aromatic heterocycles. The Bertz CT molecular complexity index is 601. The first kappa shape index (κ1) is 14.3. The molecule has 0 unspecified atom stereocenters. The SMILES string of the molecule is CNc1ncc(Br)cc1C(=O)Nc1ccc(I)cc1. The molecule has 19 heavy (non-hydrogen) atoms. The average molecular weight is 432 g/mol. The Morgan fingerprint density at radius 1 is 1.32 bits per heavy atom.